The number of aliphatic imine (C=N–C) groups is 2. The molecule has 0 saturated carbocycles. The molecule has 2 aliphatic heterocycles. The van der Waals surface area contributed by atoms with Crippen molar-refractivity contribution in [3.05, 3.63) is 42.2 Å². The van der Waals surface area contributed by atoms with Crippen LogP contribution in [0, 0.1) is 0 Å². The van der Waals surface area contributed by atoms with Gasteiger partial charge in [0.1, 0.15) is 11.6 Å². The van der Waals surface area contributed by atoms with E-state index in [0.717, 1.165) is 54.8 Å². The lowest BCUT2D eigenvalue weighted by Gasteiger charge is -2.35. The Morgan fingerprint density at radius 1 is 1.33 bits per heavy atom. The van der Waals surface area contributed by atoms with Crippen molar-refractivity contribution in [3.8, 4) is 11.3 Å². The highest BCUT2D eigenvalue weighted by atomic mass is 32.2. The van der Waals surface area contributed by atoms with Gasteiger partial charge in [-0.2, -0.15) is 0 Å². The van der Waals surface area contributed by atoms with Crippen molar-refractivity contribution < 1.29 is 4.42 Å². The Morgan fingerprint density at radius 3 is 3.12 bits per heavy atom. The molecule has 124 valence electrons. The maximum atomic E-state index is 5.54. The van der Waals surface area contributed by atoms with Crippen molar-refractivity contribution in [1.29, 1.82) is 0 Å². The second kappa shape index (κ2) is 6.85. The zero-order valence-electron chi connectivity index (χ0n) is 13.9. The summed E-state index contributed by atoms with van der Waals surface area (Å²) in [6.45, 7) is 5.00. The van der Waals surface area contributed by atoms with Gasteiger partial charge in [-0.1, -0.05) is 31.2 Å². The fourth-order valence-corrected chi connectivity index (χ4v) is 4.11. The van der Waals surface area contributed by atoms with E-state index in [4.69, 9.17) is 14.4 Å². The summed E-state index contributed by atoms with van der Waals surface area (Å²) in [6.07, 6.45) is 5.11. The van der Waals surface area contributed by atoms with E-state index in [1.165, 1.54) is 16.9 Å². The molecule has 0 amide bonds. The average Bonchev–Trinajstić information content (AvgIpc) is 3.16. The minimum Gasteiger partial charge on any atom is -0.464 e. The van der Waals surface area contributed by atoms with Crippen molar-refractivity contribution in [3.63, 3.8) is 0 Å². The lowest BCUT2D eigenvalue weighted by atomic mass is 10.1. The van der Waals surface area contributed by atoms with Gasteiger partial charge in [0.15, 0.2) is 5.17 Å². The summed E-state index contributed by atoms with van der Waals surface area (Å²) < 4.78 is 5.54. The lowest BCUT2D eigenvalue weighted by molar-refractivity contribution is 0.551. The number of fused-ring (bicyclic) bond motifs is 3. The first-order chi connectivity index (χ1) is 11.9. The van der Waals surface area contributed by atoms with Crippen LogP contribution in [0.25, 0.3) is 11.3 Å². The molecule has 3 heterocycles. The van der Waals surface area contributed by atoms with E-state index < -0.39 is 0 Å². The van der Waals surface area contributed by atoms with Gasteiger partial charge < -0.3 is 9.32 Å². The number of benzene rings is 1. The number of rotatable bonds is 4. The van der Waals surface area contributed by atoms with Gasteiger partial charge in [-0.25, -0.2) is 0 Å². The monoisotopic (exact) mass is 339 g/mol. The van der Waals surface area contributed by atoms with Crippen LogP contribution in [0.2, 0.25) is 0 Å². The predicted octanol–water partition coefficient (Wildman–Crippen LogP) is 4.66. The number of hydrogen-bond acceptors (Lipinski definition) is 4. The van der Waals surface area contributed by atoms with Crippen molar-refractivity contribution in [1.82, 2.24) is 4.90 Å². The highest BCUT2D eigenvalue weighted by molar-refractivity contribution is 8.14. The summed E-state index contributed by atoms with van der Waals surface area (Å²) in [6, 6.07) is 10.4. The third kappa shape index (κ3) is 2.88. The summed E-state index contributed by atoms with van der Waals surface area (Å²) >= 11 is 1.76. The van der Waals surface area contributed by atoms with E-state index in [-0.39, 0.29) is 0 Å². The molecule has 4 nitrogen and oxygen atoms in total. The van der Waals surface area contributed by atoms with Gasteiger partial charge in [-0.3, -0.25) is 9.98 Å². The third-order valence-corrected chi connectivity index (χ3v) is 5.37. The Morgan fingerprint density at radius 2 is 2.29 bits per heavy atom. The maximum absolute atomic E-state index is 5.54. The molecule has 0 saturated heterocycles. The molecule has 24 heavy (non-hydrogen) atoms. The molecule has 1 aromatic heterocycles. The highest BCUT2D eigenvalue weighted by Gasteiger charge is 2.30. The standard InChI is InChI=1S/C19H21N3OS/c1-2-3-9-21-19-22-11-5-10-20-18(22)15-8-7-14(13-17(15)24-19)16-6-4-12-23-16/h4,6-8,12-13H,2-3,5,9-11H2,1H3. The molecule has 0 aliphatic carbocycles. The Labute approximate surface area is 146 Å². The van der Waals surface area contributed by atoms with Crippen LogP contribution in [0.15, 0.2) is 55.9 Å². The Kier molecular flexibility index (Phi) is 4.43. The molecule has 0 unspecified atom stereocenters. The van der Waals surface area contributed by atoms with Crippen molar-refractivity contribution >= 4 is 22.8 Å². The SMILES string of the molecule is CCCCN=C1Sc2cc(-c3ccco3)ccc2C2=NCCCN12. The summed E-state index contributed by atoms with van der Waals surface area (Å²) in [7, 11) is 0. The highest BCUT2D eigenvalue weighted by Crippen LogP contribution is 2.37. The van der Waals surface area contributed by atoms with Crippen LogP contribution in [-0.4, -0.2) is 35.5 Å². The Hall–Kier alpha value is -2.01. The number of hydrogen-bond donors (Lipinski definition) is 0. The molecule has 0 radical (unpaired) electrons. The summed E-state index contributed by atoms with van der Waals surface area (Å²) in [5.74, 6) is 1.98. The molecule has 2 aliphatic rings. The van der Waals surface area contributed by atoms with Crippen LogP contribution in [0.5, 0.6) is 0 Å². The molecule has 0 N–H and O–H groups in total. The largest absolute Gasteiger partial charge is 0.464 e. The number of thioether (sulfide) groups is 1. The van der Waals surface area contributed by atoms with Crippen LogP contribution in [-0.2, 0) is 0 Å². The normalized spacial score (nSPS) is 18.3. The predicted molar refractivity (Wildman–Crippen MR) is 99.9 cm³/mol. The zero-order valence-corrected chi connectivity index (χ0v) is 14.7. The van der Waals surface area contributed by atoms with Crippen LogP contribution in [0.1, 0.15) is 31.7 Å². The molecular formula is C19H21N3OS. The van der Waals surface area contributed by atoms with E-state index in [9.17, 15) is 0 Å². The van der Waals surface area contributed by atoms with Gasteiger partial charge in [0.25, 0.3) is 0 Å². The molecule has 4 rings (SSSR count). The Bertz CT molecular complexity index is 780. The van der Waals surface area contributed by atoms with Crippen LogP contribution in [0.3, 0.4) is 0 Å². The van der Waals surface area contributed by atoms with Gasteiger partial charge in [0.2, 0.25) is 0 Å². The average molecular weight is 339 g/mol. The minimum absolute atomic E-state index is 0.885. The second-order valence-corrected chi connectivity index (χ2v) is 7.03. The molecule has 2 aromatic rings. The quantitative estimate of drug-likeness (QED) is 0.761. The molecule has 0 fully saturated rings. The lowest BCUT2D eigenvalue weighted by Crippen LogP contribution is -2.42. The van der Waals surface area contributed by atoms with Gasteiger partial charge >= 0.3 is 0 Å². The first-order valence-corrected chi connectivity index (χ1v) is 9.41. The van der Waals surface area contributed by atoms with E-state index in [1.54, 1.807) is 18.0 Å². The van der Waals surface area contributed by atoms with E-state index >= 15 is 0 Å². The van der Waals surface area contributed by atoms with Gasteiger partial charge in [0.05, 0.1) is 6.26 Å². The van der Waals surface area contributed by atoms with Crippen LogP contribution >= 0.6 is 11.8 Å². The molecule has 0 atom stereocenters. The van der Waals surface area contributed by atoms with E-state index in [1.807, 2.05) is 12.1 Å². The molecular weight excluding hydrogens is 318 g/mol. The second-order valence-electron chi connectivity index (χ2n) is 6.02. The molecule has 1 aromatic carbocycles. The van der Waals surface area contributed by atoms with E-state index in [0.29, 0.717) is 0 Å². The fraction of sp³-hybridized carbons (Fsp3) is 0.368. The van der Waals surface area contributed by atoms with Gasteiger partial charge in [-0.15, -0.1) is 0 Å². The number of nitrogens with zero attached hydrogens (tertiary/aromatic N) is 3. The maximum Gasteiger partial charge on any atom is 0.169 e. The summed E-state index contributed by atoms with van der Waals surface area (Å²) in [4.78, 5) is 13.1. The molecule has 0 spiro atoms. The number of amidine groups is 2. The van der Waals surface area contributed by atoms with Crippen molar-refractivity contribution in [2.75, 3.05) is 19.6 Å². The van der Waals surface area contributed by atoms with Crippen molar-refractivity contribution in [2.24, 2.45) is 9.98 Å². The number of furan rings is 1. The van der Waals surface area contributed by atoms with Gasteiger partial charge in [0, 0.05) is 35.7 Å². The number of unbranched alkanes of at least 4 members (excludes halogenated alkanes) is 1. The first-order valence-electron chi connectivity index (χ1n) is 8.59. The minimum atomic E-state index is 0.885. The fourth-order valence-electron chi connectivity index (χ4n) is 3.01. The van der Waals surface area contributed by atoms with Gasteiger partial charge in [-0.05, 0) is 37.1 Å². The molecule has 0 bridgehead atoms. The van der Waals surface area contributed by atoms with Crippen LogP contribution < -0.4 is 0 Å². The third-order valence-electron chi connectivity index (χ3n) is 4.28. The summed E-state index contributed by atoms with van der Waals surface area (Å²) in [5, 5.41) is 1.09. The topological polar surface area (TPSA) is 41.1 Å². The first kappa shape index (κ1) is 15.5. The molecule has 5 heteroatoms. The smallest absolute Gasteiger partial charge is 0.169 e. The van der Waals surface area contributed by atoms with Crippen LogP contribution in [0.4, 0.5) is 0 Å². The zero-order chi connectivity index (χ0) is 16.4. The summed E-state index contributed by atoms with van der Waals surface area (Å²) in [5.41, 5.74) is 2.31. The van der Waals surface area contributed by atoms with Crippen molar-refractivity contribution in [2.45, 2.75) is 31.1 Å². The van der Waals surface area contributed by atoms with E-state index in [2.05, 4.69) is 30.0 Å². The Balaban J connectivity index is 1.73.